The van der Waals surface area contributed by atoms with Gasteiger partial charge in [0, 0.05) is 32.4 Å². The van der Waals surface area contributed by atoms with Gasteiger partial charge in [-0.05, 0) is 19.8 Å². The van der Waals surface area contributed by atoms with E-state index in [1.54, 1.807) is 6.20 Å². The molecule has 0 radical (unpaired) electrons. The fourth-order valence-electron chi connectivity index (χ4n) is 2.03. The van der Waals surface area contributed by atoms with Gasteiger partial charge in [0.05, 0.1) is 0 Å². The summed E-state index contributed by atoms with van der Waals surface area (Å²) in [7, 11) is -3.53. The van der Waals surface area contributed by atoms with E-state index in [0.717, 1.165) is 31.6 Å². The molecule has 1 aromatic rings. The van der Waals surface area contributed by atoms with Crippen LogP contribution in [0.3, 0.4) is 0 Å². The Morgan fingerprint density at radius 2 is 2.00 bits per heavy atom. The second kappa shape index (κ2) is 7.75. The van der Waals surface area contributed by atoms with Crippen LogP contribution in [0.25, 0.3) is 0 Å². The first-order chi connectivity index (χ1) is 9.47. The molecule has 1 heterocycles. The van der Waals surface area contributed by atoms with Gasteiger partial charge in [-0.2, -0.15) is 4.31 Å². The van der Waals surface area contributed by atoms with Crippen molar-refractivity contribution in [3.8, 4) is 0 Å². The molecule has 0 aliphatic carbocycles. The predicted molar refractivity (Wildman–Crippen MR) is 80.0 cm³/mol. The number of nitrogens with two attached hydrogens (primary N) is 1. The van der Waals surface area contributed by atoms with Crippen LogP contribution in [0.5, 0.6) is 0 Å². The van der Waals surface area contributed by atoms with Crippen molar-refractivity contribution in [1.29, 1.82) is 0 Å². The van der Waals surface area contributed by atoms with Gasteiger partial charge in [0.2, 0.25) is 0 Å². The molecule has 0 spiro atoms. The summed E-state index contributed by atoms with van der Waals surface area (Å²) in [6.45, 7) is 7.84. The average Bonchev–Trinajstić information content (AvgIpc) is 2.77. The Labute approximate surface area is 122 Å². The molecule has 0 aliphatic rings. The van der Waals surface area contributed by atoms with Crippen molar-refractivity contribution >= 4 is 10.0 Å². The van der Waals surface area contributed by atoms with Crippen molar-refractivity contribution in [3.63, 3.8) is 0 Å². The van der Waals surface area contributed by atoms with Crippen LogP contribution in [0.1, 0.15) is 38.9 Å². The minimum Gasteiger partial charge on any atom is -0.334 e. The standard InChI is InChI=1S/C13H26N4O2S/c1-4-6-9-17(10-7-14)20(18,19)13-11-16(8-5-2)12(3)15-13/h11H,4-10,14H2,1-3H3. The lowest BCUT2D eigenvalue weighted by molar-refractivity contribution is 0.408. The van der Waals surface area contributed by atoms with Gasteiger partial charge in [-0.25, -0.2) is 13.4 Å². The van der Waals surface area contributed by atoms with Gasteiger partial charge >= 0.3 is 0 Å². The minimum atomic E-state index is -3.53. The number of hydrogen-bond donors (Lipinski definition) is 1. The van der Waals surface area contributed by atoms with Gasteiger partial charge in [0.25, 0.3) is 10.0 Å². The molecule has 0 unspecified atom stereocenters. The monoisotopic (exact) mass is 302 g/mol. The van der Waals surface area contributed by atoms with Crippen molar-refractivity contribution in [1.82, 2.24) is 13.9 Å². The smallest absolute Gasteiger partial charge is 0.262 e. The number of imidazole rings is 1. The highest BCUT2D eigenvalue weighted by Crippen LogP contribution is 2.16. The van der Waals surface area contributed by atoms with Gasteiger partial charge in [-0.3, -0.25) is 0 Å². The molecule has 0 saturated carbocycles. The van der Waals surface area contributed by atoms with Crippen LogP contribution < -0.4 is 5.73 Å². The van der Waals surface area contributed by atoms with Crippen LogP contribution in [-0.2, 0) is 16.6 Å². The number of rotatable bonds is 9. The Morgan fingerprint density at radius 1 is 1.30 bits per heavy atom. The summed E-state index contributed by atoms with van der Waals surface area (Å²) in [5.74, 6) is 0.730. The third kappa shape index (κ3) is 4.04. The molecule has 116 valence electrons. The van der Waals surface area contributed by atoms with Crippen LogP contribution in [-0.4, -0.2) is 41.9 Å². The van der Waals surface area contributed by atoms with Crippen LogP contribution in [0.15, 0.2) is 11.2 Å². The lowest BCUT2D eigenvalue weighted by Crippen LogP contribution is -2.36. The maximum Gasteiger partial charge on any atom is 0.262 e. The Kier molecular flexibility index (Phi) is 6.64. The van der Waals surface area contributed by atoms with E-state index in [4.69, 9.17) is 5.73 Å². The van der Waals surface area contributed by atoms with Gasteiger partial charge in [0.1, 0.15) is 5.82 Å². The zero-order chi connectivity index (χ0) is 15.2. The molecule has 0 atom stereocenters. The van der Waals surface area contributed by atoms with Gasteiger partial charge in [-0.1, -0.05) is 20.3 Å². The third-order valence-electron chi connectivity index (χ3n) is 3.16. The van der Waals surface area contributed by atoms with E-state index < -0.39 is 10.0 Å². The molecule has 0 fully saturated rings. The van der Waals surface area contributed by atoms with Crippen molar-refractivity contribution in [2.24, 2.45) is 5.73 Å². The largest absolute Gasteiger partial charge is 0.334 e. The molecule has 0 amide bonds. The van der Waals surface area contributed by atoms with Gasteiger partial charge < -0.3 is 10.3 Å². The molecular weight excluding hydrogens is 276 g/mol. The van der Waals surface area contributed by atoms with Crippen molar-refractivity contribution < 1.29 is 8.42 Å². The van der Waals surface area contributed by atoms with Crippen LogP contribution in [0.4, 0.5) is 0 Å². The van der Waals surface area contributed by atoms with Crippen molar-refractivity contribution in [2.45, 2.75) is 51.6 Å². The summed E-state index contributed by atoms with van der Waals surface area (Å²) in [5.41, 5.74) is 5.53. The second-order valence-corrected chi connectivity index (χ2v) is 6.75. The van der Waals surface area contributed by atoms with Gasteiger partial charge in [0.15, 0.2) is 5.03 Å². The number of hydrogen-bond acceptors (Lipinski definition) is 4. The minimum absolute atomic E-state index is 0.132. The Bertz CT molecular complexity index is 510. The Morgan fingerprint density at radius 3 is 2.55 bits per heavy atom. The van der Waals surface area contributed by atoms with Crippen LogP contribution in [0, 0.1) is 6.92 Å². The van der Waals surface area contributed by atoms with Crippen molar-refractivity contribution in [3.05, 3.63) is 12.0 Å². The van der Waals surface area contributed by atoms with Gasteiger partial charge in [-0.15, -0.1) is 0 Å². The van der Waals surface area contributed by atoms with E-state index in [-0.39, 0.29) is 5.03 Å². The molecule has 6 nitrogen and oxygen atoms in total. The summed E-state index contributed by atoms with van der Waals surface area (Å²) in [5, 5.41) is 0.132. The first-order valence-electron chi connectivity index (χ1n) is 7.21. The summed E-state index contributed by atoms with van der Waals surface area (Å²) in [6, 6.07) is 0. The first kappa shape index (κ1) is 17.1. The lowest BCUT2D eigenvalue weighted by atomic mass is 10.3. The number of aromatic nitrogens is 2. The average molecular weight is 302 g/mol. The topological polar surface area (TPSA) is 81.2 Å². The third-order valence-corrected chi connectivity index (χ3v) is 4.93. The molecule has 20 heavy (non-hydrogen) atoms. The quantitative estimate of drug-likeness (QED) is 0.746. The lowest BCUT2D eigenvalue weighted by Gasteiger charge is -2.19. The maximum atomic E-state index is 12.6. The summed E-state index contributed by atoms with van der Waals surface area (Å²) in [6.07, 6.45) is 4.34. The van der Waals surface area contributed by atoms with E-state index in [1.165, 1.54) is 4.31 Å². The summed E-state index contributed by atoms with van der Waals surface area (Å²) in [4.78, 5) is 4.20. The molecule has 1 rings (SSSR count). The molecule has 0 aliphatic heterocycles. The molecule has 0 aromatic carbocycles. The highest BCUT2D eigenvalue weighted by molar-refractivity contribution is 7.89. The zero-order valence-corrected chi connectivity index (χ0v) is 13.5. The fourth-order valence-corrected chi connectivity index (χ4v) is 3.52. The first-order valence-corrected chi connectivity index (χ1v) is 8.65. The van der Waals surface area contributed by atoms with E-state index in [0.29, 0.717) is 19.6 Å². The van der Waals surface area contributed by atoms with Crippen LogP contribution in [0.2, 0.25) is 0 Å². The molecule has 0 saturated heterocycles. The number of aryl methyl sites for hydroxylation is 2. The number of unbranched alkanes of at least 4 members (excludes halogenated alkanes) is 1. The van der Waals surface area contributed by atoms with Crippen molar-refractivity contribution in [2.75, 3.05) is 19.6 Å². The zero-order valence-electron chi connectivity index (χ0n) is 12.7. The molecule has 7 heteroatoms. The Hall–Kier alpha value is -0.920. The number of nitrogens with zero attached hydrogens (tertiary/aromatic N) is 3. The molecular formula is C13H26N4O2S. The van der Waals surface area contributed by atoms with E-state index in [9.17, 15) is 8.42 Å². The molecule has 1 aromatic heterocycles. The van der Waals surface area contributed by atoms with Crippen LogP contribution >= 0.6 is 0 Å². The summed E-state index contributed by atoms with van der Waals surface area (Å²) >= 11 is 0. The highest BCUT2D eigenvalue weighted by atomic mass is 32.2. The molecule has 2 N–H and O–H groups in total. The normalized spacial score (nSPS) is 12.2. The molecule has 0 bridgehead atoms. The highest BCUT2D eigenvalue weighted by Gasteiger charge is 2.26. The maximum absolute atomic E-state index is 12.6. The predicted octanol–water partition coefficient (Wildman–Crippen LogP) is 1.35. The second-order valence-electron chi connectivity index (χ2n) is 4.87. The number of sulfonamides is 1. The van der Waals surface area contributed by atoms with E-state index in [1.807, 2.05) is 18.4 Å². The summed E-state index contributed by atoms with van der Waals surface area (Å²) < 4.78 is 28.5. The SMILES string of the molecule is CCCCN(CCN)S(=O)(=O)c1cn(CCC)c(C)n1. The Balaban J connectivity index is 3.02. The van der Waals surface area contributed by atoms with E-state index >= 15 is 0 Å². The van der Waals surface area contributed by atoms with E-state index in [2.05, 4.69) is 11.9 Å². The fraction of sp³-hybridized carbons (Fsp3) is 0.769.